The van der Waals surface area contributed by atoms with E-state index in [0.717, 1.165) is 11.3 Å². The average molecular weight is 276 g/mol. The molecule has 1 aliphatic heterocycles. The Bertz CT molecular complexity index is 491. The van der Waals surface area contributed by atoms with Gasteiger partial charge in [-0.15, -0.1) is 0 Å². The van der Waals surface area contributed by atoms with E-state index < -0.39 is 18.1 Å². The van der Waals surface area contributed by atoms with E-state index in [2.05, 4.69) is 10.6 Å². The summed E-state index contributed by atoms with van der Waals surface area (Å²) in [4.78, 5) is 23.4. The van der Waals surface area contributed by atoms with Crippen molar-refractivity contribution in [2.45, 2.75) is 38.8 Å². The molecule has 0 bridgehead atoms. The summed E-state index contributed by atoms with van der Waals surface area (Å²) in [5.74, 6) is -1.34. The van der Waals surface area contributed by atoms with Crippen LogP contribution in [0.2, 0.25) is 0 Å². The molecule has 20 heavy (non-hydrogen) atoms. The van der Waals surface area contributed by atoms with Crippen LogP contribution >= 0.6 is 0 Å². The minimum Gasteiger partial charge on any atom is -0.480 e. The molecule has 1 aromatic carbocycles. The zero-order valence-electron chi connectivity index (χ0n) is 11.7. The molecule has 1 amide bonds. The van der Waals surface area contributed by atoms with Gasteiger partial charge in [0.1, 0.15) is 12.1 Å². The number of anilines is 1. The lowest BCUT2D eigenvalue weighted by atomic mass is 9.98. The standard InChI is InChI=1S/C15H20N2O3/c1-3-9(2)13(15(19)20)17-14(18)12-8-10-6-4-5-7-11(10)16-12/h4-7,9,12-13,16H,3,8H2,1-2H3,(H,17,18)(H,19,20)/t9-,12-,13-/m0/s1. The summed E-state index contributed by atoms with van der Waals surface area (Å²) in [7, 11) is 0. The summed E-state index contributed by atoms with van der Waals surface area (Å²) in [5.41, 5.74) is 2.03. The number of carbonyl (C=O) groups excluding carboxylic acids is 1. The fourth-order valence-electron chi connectivity index (χ4n) is 2.39. The van der Waals surface area contributed by atoms with Gasteiger partial charge in [-0.25, -0.2) is 4.79 Å². The molecule has 0 radical (unpaired) electrons. The summed E-state index contributed by atoms with van der Waals surface area (Å²) in [6, 6.07) is 6.51. The number of aliphatic carboxylic acids is 1. The van der Waals surface area contributed by atoms with Gasteiger partial charge in [0.25, 0.3) is 0 Å². The van der Waals surface area contributed by atoms with Crippen LogP contribution in [0, 0.1) is 5.92 Å². The van der Waals surface area contributed by atoms with E-state index >= 15 is 0 Å². The Morgan fingerprint density at radius 1 is 1.45 bits per heavy atom. The quantitative estimate of drug-likeness (QED) is 0.764. The van der Waals surface area contributed by atoms with Crippen LogP contribution in [-0.2, 0) is 16.0 Å². The molecule has 0 saturated carbocycles. The summed E-state index contributed by atoms with van der Waals surface area (Å²) < 4.78 is 0. The minimum atomic E-state index is -0.983. The Labute approximate surface area is 118 Å². The molecule has 2 rings (SSSR count). The lowest BCUT2D eigenvalue weighted by Crippen LogP contribution is -2.50. The first-order chi connectivity index (χ1) is 9.52. The number of hydrogen-bond acceptors (Lipinski definition) is 3. The summed E-state index contributed by atoms with van der Waals surface area (Å²) in [5, 5.41) is 15.0. The van der Waals surface area contributed by atoms with Crippen molar-refractivity contribution in [3.63, 3.8) is 0 Å². The molecule has 0 fully saturated rings. The Morgan fingerprint density at radius 2 is 2.15 bits per heavy atom. The fraction of sp³-hybridized carbons (Fsp3) is 0.467. The number of carboxylic acids is 1. The lowest BCUT2D eigenvalue weighted by molar-refractivity contribution is -0.143. The molecule has 108 valence electrons. The van der Waals surface area contributed by atoms with Gasteiger partial charge in [0, 0.05) is 12.1 Å². The predicted octanol–water partition coefficient (Wildman–Crippen LogP) is 1.64. The highest BCUT2D eigenvalue weighted by molar-refractivity contribution is 5.90. The van der Waals surface area contributed by atoms with Gasteiger partial charge < -0.3 is 15.7 Å². The zero-order chi connectivity index (χ0) is 14.7. The van der Waals surface area contributed by atoms with Crippen molar-refractivity contribution in [2.75, 3.05) is 5.32 Å². The first kappa shape index (κ1) is 14.4. The number of amides is 1. The van der Waals surface area contributed by atoms with Crippen molar-refractivity contribution in [2.24, 2.45) is 5.92 Å². The van der Waals surface area contributed by atoms with E-state index in [1.807, 2.05) is 38.1 Å². The maximum Gasteiger partial charge on any atom is 0.326 e. The van der Waals surface area contributed by atoms with Crippen molar-refractivity contribution < 1.29 is 14.7 Å². The van der Waals surface area contributed by atoms with Gasteiger partial charge in [0.05, 0.1) is 0 Å². The topological polar surface area (TPSA) is 78.4 Å². The second kappa shape index (κ2) is 5.94. The van der Waals surface area contributed by atoms with Crippen molar-refractivity contribution in [1.29, 1.82) is 0 Å². The second-order valence-corrected chi connectivity index (χ2v) is 5.27. The van der Waals surface area contributed by atoms with Crippen LogP contribution in [0.5, 0.6) is 0 Å². The Hall–Kier alpha value is -2.04. The van der Waals surface area contributed by atoms with Crippen LogP contribution in [0.4, 0.5) is 5.69 Å². The van der Waals surface area contributed by atoms with Gasteiger partial charge in [-0.1, -0.05) is 38.5 Å². The smallest absolute Gasteiger partial charge is 0.326 e. The number of para-hydroxylation sites is 1. The fourth-order valence-corrected chi connectivity index (χ4v) is 2.39. The third kappa shape index (κ3) is 2.92. The van der Waals surface area contributed by atoms with E-state index in [1.54, 1.807) is 0 Å². The third-order valence-electron chi connectivity index (χ3n) is 3.86. The molecule has 5 heteroatoms. The second-order valence-electron chi connectivity index (χ2n) is 5.27. The van der Waals surface area contributed by atoms with Gasteiger partial charge >= 0.3 is 5.97 Å². The first-order valence-corrected chi connectivity index (χ1v) is 6.90. The molecule has 1 aliphatic rings. The number of benzene rings is 1. The number of nitrogens with one attached hydrogen (secondary N) is 2. The highest BCUT2D eigenvalue weighted by Gasteiger charge is 2.31. The van der Waals surface area contributed by atoms with Crippen molar-refractivity contribution in [1.82, 2.24) is 5.32 Å². The molecule has 1 aromatic rings. The molecule has 3 N–H and O–H groups in total. The Balaban J connectivity index is 2.01. The first-order valence-electron chi connectivity index (χ1n) is 6.90. The monoisotopic (exact) mass is 276 g/mol. The highest BCUT2D eigenvalue weighted by atomic mass is 16.4. The number of carbonyl (C=O) groups is 2. The molecule has 0 spiro atoms. The van der Waals surface area contributed by atoms with Crippen LogP contribution in [0.15, 0.2) is 24.3 Å². The SMILES string of the molecule is CC[C@H](C)[C@H](NC(=O)[C@@H]1Cc2ccccc2N1)C(=O)O. The van der Waals surface area contributed by atoms with Crippen LogP contribution in [0.1, 0.15) is 25.8 Å². The molecule has 5 nitrogen and oxygen atoms in total. The molecular weight excluding hydrogens is 256 g/mol. The molecule has 0 aromatic heterocycles. The van der Waals surface area contributed by atoms with Gasteiger partial charge in [-0.2, -0.15) is 0 Å². The van der Waals surface area contributed by atoms with Crippen LogP contribution in [0.3, 0.4) is 0 Å². The molecule has 0 aliphatic carbocycles. The minimum absolute atomic E-state index is 0.0970. The number of rotatable bonds is 5. The maximum atomic E-state index is 12.2. The summed E-state index contributed by atoms with van der Waals surface area (Å²) >= 11 is 0. The number of carboxylic acid groups (broad SMARTS) is 1. The van der Waals surface area contributed by atoms with Crippen molar-refractivity contribution in [3.05, 3.63) is 29.8 Å². The summed E-state index contributed by atoms with van der Waals surface area (Å²) in [6.45, 7) is 3.74. The largest absolute Gasteiger partial charge is 0.480 e. The molecule has 0 saturated heterocycles. The number of fused-ring (bicyclic) bond motifs is 1. The predicted molar refractivity (Wildman–Crippen MR) is 76.6 cm³/mol. The molecule has 1 heterocycles. The van der Waals surface area contributed by atoms with Crippen LogP contribution < -0.4 is 10.6 Å². The van der Waals surface area contributed by atoms with Gasteiger partial charge in [-0.3, -0.25) is 4.79 Å². The van der Waals surface area contributed by atoms with E-state index in [0.29, 0.717) is 12.8 Å². The number of hydrogen-bond donors (Lipinski definition) is 3. The van der Waals surface area contributed by atoms with E-state index in [4.69, 9.17) is 0 Å². The zero-order valence-corrected chi connectivity index (χ0v) is 11.7. The third-order valence-corrected chi connectivity index (χ3v) is 3.86. The maximum absolute atomic E-state index is 12.2. The molecule has 3 atom stereocenters. The summed E-state index contributed by atoms with van der Waals surface area (Å²) in [6.07, 6.45) is 1.30. The van der Waals surface area contributed by atoms with Crippen LogP contribution in [-0.4, -0.2) is 29.1 Å². The van der Waals surface area contributed by atoms with Gasteiger partial charge in [0.15, 0.2) is 0 Å². The van der Waals surface area contributed by atoms with Crippen molar-refractivity contribution >= 4 is 17.6 Å². The highest BCUT2D eigenvalue weighted by Crippen LogP contribution is 2.25. The molecule has 0 unspecified atom stereocenters. The molecular formula is C15H20N2O3. The van der Waals surface area contributed by atoms with Gasteiger partial charge in [0.2, 0.25) is 5.91 Å². The Kier molecular flexibility index (Phi) is 4.27. The Morgan fingerprint density at radius 3 is 2.75 bits per heavy atom. The normalized spacial score (nSPS) is 19.6. The van der Waals surface area contributed by atoms with Crippen molar-refractivity contribution in [3.8, 4) is 0 Å². The average Bonchev–Trinajstić information content (AvgIpc) is 2.87. The van der Waals surface area contributed by atoms with Crippen LogP contribution in [0.25, 0.3) is 0 Å². The van der Waals surface area contributed by atoms with E-state index in [-0.39, 0.29) is 11.8 Å². The van der Waals surface area contributed by atoms with E-state index in [9.17, 15) is 14.7 Å². The van der Waals surface area contributed by atoms with E-state index in [1.165, 1.54) is 0 Å². The van der Waals surface area contributed by atoms with Gasteiger partial charge in [-0.05, 0) is 17.5 Å². The lowest BCUT2D eigenvalue weighted by Gasteiger charge is -2.22.